The number of benzene rings is 2. The number of rotatable bonds is 6. The second-order valence-electron chi connectivity index (χ2n) is 5.94. The van der Waals surface area contributed by atoms with E-state index in [0.717, 1.165) is 12.3 Å². The van der Waals surface area contributed by atoms with Gasteiger partial charge in [0.05, 0.1) is 0 Å². The van der Waals surface area contributed by atoms with Crippen molar-refractivity contribution >= 4 is 0 Å². The minimum absolute atomic E-state index is 0.329. The lowest BCUT2D eigenvalue weighted by molar-refractivity contribution is 0.401. The van der Waals surface area contributed by atoms with Crippen molar-refractivity contribution < 1.29 is 5.11 Å². The van der Waals surface area contributed by atoms with Gasteiger partial charge < -0.3 is 10.4 Å². The van der Waals surface area contributed by atoms with Gasteiger partial charge in [-0.05, 0) is 48.4 Å². The molecule has 2 unspecified atom stereocenters. The molecule has 2 nitrogen and oxygen atoms in total. The van der Waals surface area contributed by atoms with Crippen LogP contribution >= 0.6 is 0 Å². The van der Waals surface area contributed by atoms with Crippen LogP contribution in [0, 0.1) is 5.92 Å². The van der Waals surface area contributed by atoms with E-state index in [1.807, 2.05) is 12.1 Å². The van der Waals surface area contributed by atoms with Gasteiger partial charge >= 0.3 is 0 Å². The third kappa shape index (κ3) is 3.45. The Hall–Kier alpha value is -1.80. The standard InChI is InChI=1S/C19H23NO/c1-2-18(14-10-12-17(21)13-11-14)20-19(16-8-9-16)15-6-4-3-5-7-15/h3-7,10-13,16,18-21H,2,8-9H2,1H3. The monoisotopic (exact) mass is 281 g/mol. The lowest BCUT2D eigenvalue weighted by Gasteiger charge is -2.26. The normalized spacial score (nSPS) is 17.4. The molecule has 1 aliphatic rings. The molecule has 0 bridgehead atoms. The van der Waals surface area contributed by atoms with Gasteiger partial charge in [0, 0.05) is 12.1 Å². The summed E-state index contributed by atoms with van der Waals surface area (Å²) in [5.74, 6) is 1.09. The van der Waals surface area contributed by atoms with Gasteiger partial charge in [0.25, 0.3) is 0 Å². The minimum atomic E-state index is 0.329. The Morgan fingerprint density at radius 3 is 2.24 bits per heavy atom. The van der Waals surface area contributed by atoms with Crippen molar-refractivity contribution in [2.75, 3.05) is 0 Å². The molecule has 1 fully saturated rings. The van der Waals surface area contributed by atoms with Crippen LogP contribution in [0.4, 0.5) is 0 Å². The number of phenols is 1. The molecule has 2 N–H and O–H groups in total. The highest BCUT2D eigenvalue weighted by molar-refractivity contribution is 5.29. The SMILES string of the molecule is CCC(NC(c1ccccc1)C1CC1)c1ccc(O)cc1. The summed E-state index contributed by atoms with van der Waals surface area (Å²) >= 11 is 0. The minimum Gasteiger partial charge on any atom is -0.508 e. The average Bonchev–Trinajstić information content (AvgIpc) is 3.35. The van der Waals surface area contributed by atoms with Crippen molar-refractivity contribution in [1.29, 1.82) is 0 Å². The fourth-order valence-corrected chi connectivity index (χ4v) is 2.97. The first-order chi connectivity index (χ1) is 10.3. The molecule has 2 heteroatoms. The zero-order valence-corrected chi connectivity index (χ0v) is 12.5. The zero-order valence-electron chi connectivity index (χ0n) is 12.5. The smallest absolute Gasteiger partial charge is 0.115 e. The maximum atomic E-state index is 9.45. The van der Waals surface area contributed by atoms with Crippen LogP contribution in [-0.2, 0) is 0 Å². The lowest BCUT2D eigenvalue weighted by Crippen LogP contribution is -2.27. The molecule has 0 saturated heterocycles. The molecule has 0 spiro atoms. The second-order valence-corrected chi connectivity index (χ2v) is 5.94. The molecule has 0 aliphatic heterocycles. The van der Waals surface area contributed by atoms with Gasteiger partial charge in [-0.15, -0.1) is 0 Å². The number of nitrogens with one attached hydrogen (secondary N) is 1. The molecule has 0 amide bonds. The predicted molar refractivity (Wildman–Crippen MR) is 86.2 cm³/mol. The number of aromatic hydroxyl groups is 1. The van der Waals surface area contributed by atoms with Gasteiger partial charge in [0.2, 0.25) is 0 Å². The van der Waals surface area contributed by atoms with Crippen LogP contribution in [0.1, 0.15) is 49.4 Å². The summed E-state index contributed by atoms with van der Waals surface area (Å²) in [5, 5.41) is 13.3. The lowest BCUT2D eigenvalue weighted by atomic mass is 9.98. The maximum Gasteiger partial charge on any atom is 0.115 e. The van der Waals surface area contributed by atoms with E-state index in [0.29, 0.717) is 17.8 Å². The average molecular weight is 281 g/mol. The molecule has 2 atom stereocenters. The summed E-state index contributed by atoms with van der Waals surface area (Å²) in [6, 6.07) is 19.1. The molecule has 1 aliphatic carbocycles. The summed E-state index contributed by atoms with van der Waals surface area (Å²) in [6.07, 6.45) is 3.68. The topological polar surface area (TPSA) is 32.3 Å². The maximum absolute atomic E-state index is 9.45. The second kappa shape index (κ2) is 6.31. The highest BCUT2D eigenvalue weighted by atomic mass is 16.3. The zero-order chi connectivity index (χ0) is 14.7. The Morgan fingerprint density at radius 1 is 1.00 bits per heavy atom. The van der Waals surface area contributed by atoms with Crippen molar-refractivity contribution in [2.45, 2.75) is 38.3 Å². The van der Waals surface area contributed by atoms with Crippen LogP contribution < -0.4 is 5.32 Å². The fourth-order valence-electron chi connectivity index (χ4n) is 2.97. The first-order valence-electron chi connectivity index (χ1n) is 7.88. The quantitative estimate of drug-likeness (QED) is 0.812. The Balaban J connectivity index is 1.79. The van der Waals surface area contributed by atoms with Crippen LogP contribution in [0.5, 0.6) is 5.75 Å². The highest BCUT2D eigenvalue weighted by Crippen LogP contribution is 2.42. The molecule has 2 aromatic rings. The molecule has 0 heterocycles. The summed E-state index contributed by atoms with van der Waals surface area (Å²) in [5.41, 5.74) is 2.63. The van der Waals surface area contributed by atoms with Crippen LogP contribution in [0.15, 0.2) is 54.6 Å². The highest BCUT2D eigenvalue weighted by Gasteiger charge is 2.33. The molecule has 2 aromatic carbocycles. The van der Waals surface area contributed by atoms with Crippen LogP contribution in [0.3, 0.4) is 0 Å². The van der Waals surface area contributed by atoms with Crippen LogP contribution in [0.25, 0.3) is 0 Å². The van der Waals surface area contributed by atoms with Gasteiger partial charge in [-0.25, -0.2) is 0 Å². The van der Waals surface area contributed by atoms with E-state index >= 15 is 0 Å². The Labute approximate surface area is 126 Å². The van der Waals surface area contributed by atoms with Crippen molar-refractivity contribution in [3.8, 4) is 5.75 Å². The molecule has 21 heavy (non-hydrogen) atoms. The third-order valence-electron chi connectivity index (χ3n) is 4.34. The van der Waals surface area contributed by atoms with Crippen molar-refractivity contribution in [1.82, 2.24) is 5.32 Å². The third-order valence-corrected chi connectivity index (χ3v) is 4.34. The molecular formula is C19H23NO. The van der Waals surface area contributed by atoms with E-state index in [2.05, 4.69) is 42.6 Å². The molecule has 1 saturated carbocycles. The first-order valence-corrected chi connectivity index (χ1v) is 7.88. The van der Waals surface area contributed by atoms with Crippen molar-refractivity contribution in [3.63, 3.8) is 0 Å². The number of hydrogen-bond donors (Lipinski definition) is 2. The molecule has 0 radical (unpaired) electrons. The Bertz CT molecular complexity index is 560. The van der Waals surface area contributed by atoms with E-state index in [9.17, 15) is 5.11 Å². The van der Waals surface area contributed by atoms with Gasteiger partial charge in [-0.2, -0.15) is 0 Å². The largest absolute Gasteiger partial charge is 0.508 e. The van der Waals surface area contributed by atoms with E-state index in [-0.39, 0.29) is 0 Å². The van der Waals surface area contributed by atoms with Gasteiger partial charge in [0.15, 0.2) is 0 Å². The molecule has 3 rings (SSSR count). The van der Waals surface area contributed by atoms with E-state index in [1.165, 1.54) is 24.0 Å². The molecular weight excluding hydrogens is 258 g/mol. The van der Waals surface area contributed by atoms with Gasteiger partial charge in [0.1, 0.15) is 5.75 Å². The van der Waals surface area contributed by atoms with Gasteiger partial charge in [-0.1, -0.05) is 49.4 Å². The number of phenolic OH excluding ortho intramolecular Hbond substituents is 1. The summed E-state index contributed by atoms with van der Waals surface area (Å²) in [4.78, 5) is 0. The van der Waals surface area contributed by atoms with E-state index < -0.39 is 0 Å². The van der Waals surface area contributed by atoms with Crippen molar-refractivity contribution in [3.05, 3.63) is 65.7 Å². The fraction of sp³-hybridized carbons (Fsp3) is 0.368. The molecule has 110 valence electrons. The summed E-state index contributed by atoms with van der Waals surface area (Å²) in [7, 11) is 0. The van der Waals surface area contributed by atoms with Gasteiger partial charge in [-0.3, -0.25) is 0 Å². The van der Waals surface area contributed by atoms with Crippen molar-refractivity contribution in [2.24, 2.45) is 5.92 Å². The van der Waals surface area contributed by atoms with Crippen LogP contribution in [0.2, 0.25) is 0 Å². The van der Waals surface area contributed by atoms with E-state index in [4.69, 9.17) is 0 Å². The Kier molecular flexibility index (Phi) is 4.26. The molecule has 0 aromatic heterocycles. The predicted octanol–water partition coefficient (Wildman–Crippen LogP) is 4.58. The first kappa shape index (κ1) is 14.2. The summed E-state index contributed by atoms with van der Waals surface area (Å²) < 4.78 is 0. The Morgan fingerprint density at radius 2 is 1.67 bits per heavy atom. The van der Waals surface area contributed by atoms with E-state index in [1.54, 1.807) is 12.1 Å². The van der Waals surface area contributed by atoms with Crippen LogP contribution in [-0.4, -0.2) is 5.11 Å². The summed E-state index contributed by atoms with van der Waals surface area (Å²) in [6.45, 7) is 2.21. The number of hydrogen-bond acceptors (Lipinski definition) is 2.